The fourth-order valence-corrected chi connectivity index (χ4v) is 10.00. The normalized spacial score (nSPS) is 12.5. The van der Waals surface area contributed by atoms with Gasteiger partial charge in [0.25, 0.3) is 0 Å². The van der Waals surface area contributed by atoms with Crippen LogP contribution < -0.4 is 4.90 Å². The molecule has 0 aromatic heterocycles. The summed E-state index contributed by atoms with van der Waals surface area (Å²) in [6.45, 7) is 4.78. The third kappa shape index (κ3) is 6.33. The summed E-state index contributed by atoms with van der Waals surface area (Å²) in [5, 5.41) is 2.48. The highest BCUT2D eigenvalue weighted by atomic mass is 15.1. The SMILES string of the molecule is CC1(C)c2cc(N(c3ccc(-c4cccc5ccc(-c6ccccc6)c(-c6ccccc6)c45)cc3)c3ccccc3-c3ccccc3)ccc2-c2cccc(-c3ccccc3)c21. The van der Waals surface area contributed by atoms with Gasteiger partial charge in [-0.05, 0) is 113 Å². The van der Waals surface area contributed by atoms with Crippen LogP contribution in [0.1, 0.15) is 25.0 Å². The molecule has 0 saturated carbocycles. The van der Waals surface area contributed by atoms with Gasteiger partial charge in [0.1, 0.15) is 0 Å². The second-order valence-corrected chi connectivity index (χ2v) is 16.8. The quantitative estimate of drug-likeness (QED) is 0.148. The van der Waals surface area contributed by atoms with E-state index in [1.807, 2.05) is 0 Å². The number of nitrogens with zero attached hydrogens (tertiary/aromatic N) is 1. The summed E-state index contributed by atoms with van der Waals surface area (Å²) in [4.78, 5) is 2.45. The molecule has 0 unspecified atom stereocenters. The number of hydrogen-bond acceptors (Lipinski definition) is 1. The van der Waals surface area contributed by atoms with Gasteiger partial charge in [-0.2, -0.15) is 0 Å². The Balaban J connectivity index is 1.08. The van der Waals surface area contributed by atoms with Gasteiger partial charge in [-0.3, -0.25) is 0 Å². The number of rotatable bonds is 8. The van der Waals surface area contributed by atoms with E-state index in [1.54, 1.807) is 0 Å². The van der Waals surface area contributed by atoms with Crippen molar-refractivity contribution in [2.24, 2.45) is 0 Å². The molecule has 0 amide bonds. The van der Waals surface area contributed by atoms with E-state index in [2.05, 4.69) is 255 Å². The molecule has 62 heavy (non-hydrogen) atoms. The molecule has 0 bridgehead atoms. The highest BCUT2D eigenvalue weighted by molar-refractivity contribution is 6.11. The first-order valence-corrected chi connectivity index (χ1v) is 21.6. The van der Waals surface area contributed by atoms with Crippen molar-refractivity contribution in [3.05, 3.63) is 248 Å². The molecule has 1 heteroatoms. The highest BCUT2D eigenvalue weighted by Crippen LogP contribution is 2.54. The van der Waals surface area contributed by atoms with Gasteiger partial charge in [-0.1, -0.05) is 220 Å². The molecular formula is C61H45N. The van der Waals surface area contributed by atoms with Crippen molar-refractivity contribution >= 4 is 27.8 Å². The molecule has 0 aliphatic heterocycles. The van der Waals surface area contributed by atoms with Crippen LogP contribution in [0, 0.1) is 0 Å². The topological polar surface area (TPSA) is 3.24 Å². The van der Waals surface area contributed by atoms with Crippen LogP contribution >= 0.6 is 0 Å². The Labute approximate surface area is 364 Å². The molecule has 0 heterocycles. The van der Waals surface area contributed by atoms with Gasteiger partial charge in [0.2, 0.25) is 0 Å². The lowest BCUT2D eigenvalue weighted by molar-refractivity contribution is 0.662. The minimum absolute atomic E-state index is 0.217. The van der Waals surface area contributed by atoms with Crippen LogP contribution in [-0.2, 0) is 5.41 Å². The Bertz CT molecular complexity index is 3220. The minimum atomic E-state index is -0.217. The summed E-state index contributed by atoms with van der Waals surface area (Å²) >= 11 is 0. The van der Waals surface area contributed by atoms with Gasteiger partial charge in [-0.25, -0.2) is 0 Å². The fraction of sp³-hybridized carbons (Fsp3) is 0.0492. The van der Waals surface area contributed by atoms with Crippen molar-refractivity contribution in [1.29, 1.82) is 0 Å². The van der Waals surface area contributed by atoms with E-state index >= 15 is 0 Å². The number of fused-ring (bicyclic) bond motifs is 4. The van der Waals surface area contributed by atoms with E-state index in [9.17, 15) is 0 Å². The molecule has 0 radical (unpaired) electrons. The lowest BCUT2D eigenvalue weighted by atomic mass is 9.78. The lowest BCUT2D eigenvalue weighted by Gasteiger charge is -2.30. The lowest BCUT2D eigenvalue weighted by Crippen LogP contribution is -2.17. The van der Waals surface area contributed by atoms with Crippen LogP contribution in [0.2, 0.25) is 0 Å². The molecule has 0 fully saturated rings. The molecule has 10 aromatic carbocycles. The summed E-state index contributed by atoms with van der Waals surface area (Å²) < 4.78 is 0. The van der Waals surface area contributed by atoms with E-state index in [0.29, 0.717) is 0 Å². The Kier molecular flexibility index (Phi) is 9.24. The zero-order valence-electron chi connectivity index (χ0n) is 35.0. The number of anilines is 3. The highest BCUT2D eigenvalue weighted by Gasteiger charge is 2.38. The van der Waals surface area contributed by atoms with Crippen LogP contribution in [0.5, 0.6) is 0 Å². The smallest absolute Gasteiger partial charge is 0.0540 e. The largest absolute Gasteiger partial charge is 0.310 e. The second kappa shape index (κ2) is 15.4. The Morgan fingerprint density at radius 1 is 0.323 bits per heavy atom. The molecule has 0 N–H and O–H groups in total. The molecule has 1 aliphatic carbocycles. The third-order valence-electron chi connectivity index (χ3n) is 12.9. The predicted molar refractivity (Wildman–Crippen MR) is 263 cm³/mol. The second-order valence-electron chi connectivity index (χ2n) is 16.8. The van der Waals surface area contributed by atoms with Crippen molar-refractivity contribution in [2.45, 2.75) is 19.3 Å². The summed E-state index contributed by atoms with van der Waals surface area (Å²) in [7, 11) is 0. The van der Waals surface area contributed by atoms with Crippen molar-refractivity contribution < 1.29 is 0 Å². The van der Waals surface area contributed by atoms with E-state index in [4.69, 9.17) is 0 Å². The average molecular weight is 792 g/mol. The summed E-state index contributed by atoms with van der Waals surface area (Å²) in [5.41, 5.74) is 20.7. The van der Waals surface area contributed by atoms with E-state index in [0.717, 1.165) is 17.1 Å². The van der Waals surface area contributed by atoms with Crippen LogP contribution in [0.15, 0.2) is 237 Å². The predicted octanol–water partition coefficient (Wildman–Crippen LogP) is 17.0. The Morgan fingerprint density at radius 2 is 0.806 bits per heavy atom. The molecule has 0 saturated heterocycles. The maximum Gasteiger partial charge on any atom is 0.0540 e. The van der Waals surface area contributed by atoms with Gasteiger partial charge < -0.3 is 4.90 Å². The molecule has 10 aromatic rings. The molecule has 1 aliphatic rings. The Morgan fingerprint density at radius 3 is 1.48 bits per heavy atom. The molecule has 0 spiro atoms. The zero-order valence-corrected chi connectivity index (χ0v) is 35.0. The van der Waals surface area contributed by atoms with Gasteiger partial charge in [-0.15, -0.1) is 0 Å². The number of benzene rings is 10. The molecule has 294 valence electrons. The van der Waals surface area contributed by atoms with Crippen molar-refractivity contribution in [1.82, 2.24) is 0 Å². The number of hydrogen-bond donors (Lipinski definition) is 0. The van der Waals surface area contributed by atoms with Crippen molar-refractivity contribution in [2.75, 3.05) is 4.90 Å². The first-order chi connectivity index (χ1) is 30.5. The van der Waals surface area contributed by atoms with E-state index < -0.39 is 0 Å². The standard InChI is InChI=1S/C61H45N/c1-61(2)56-41-49(38-40-54(56)55-31-18-30-53(60(55)61)44-23-11-5-12-24-44)62(57-32-16-15-28-50(57)42-19-7-3-8-20-42)48-36-33-45(34-37-48)51-29-17-27-47-35-39-52(43-21-9-4-10-22-43)58(59(47)51)46-25-13-6-14-26-46/h3-41H,1-2H3. The van der Waals surface area contributed by atoms with Crippen LogP contribution in [-0.4, -0.2) is 0 Å². The summed E-state index contributed by atoms with van der Waals surface area (Å²) in [5.74, 6) is 0. The summed E-state index contributed by atoms with van der Waals surface area (Å²) in [6, 6.07) is 86.5. The maximum atomic E-state index is 2.45. The fourth-order valence-electron chi connectivity index (χ4n) is 10.00. The minimum Gasteiger partial charge on any atom is -0.310 e. The van der Waals surface area contributed by atoms with Crippen LogP contribution in [0.25, 0.3) is 77.5 Å². The molecule has 11 rings (SSSR count). The first kappa shape index (κ1) is 37.3. The van der Waals surface area contributed by atoms with E-state index in [-0.39, 0.29) is 5.41 Å². The Hall–Kier alpha value is -7.74. The van der Waals surface area contributed by atoms with Crippen LogP contribution in [0.4, 0.5) is 17.1 Å². The van der Waals surface area contributed by atoms with Gasteiger partial charge in [0, 0.05) is 22.4 Å². The van der Waals surface area contributed by atoms with Gasteiger partial charge in [0.05, 0.1) is 5.69 Å². The maximum absolute atomic E-state index is 2.45. The molecular weight excluding hydrogens is 747 g/mol. The third-order valence-corrected chi connectivity index (χ3v) is 12.9. The molecule has 0 atom stereocenters. The summed E-state index contributed by atoms with van der Waals surface area (Å²) in [6.07, 6.45) is 0. The first-order valence-electron chi connectivity index (χ1n) is 21.6. The van der Waals surface area contributed by atoms with Crippen LogP contribution in [0.3, 0.4) is 0 Å². The van der Waals surface area contributed by atoms with Gasteiger partial charge in [0.15, 0.2) is 0 Å². The number of para-hydroxylation sites is 1. The molecule has 1 nitrogen and oxygen atoms in total. The monoisotopic (exact) mass is 791 g/mol. The van der Waals surface area contributed by atoms with Crippen molar-refractivity contribution in [3.63, 3.8) is 0 Å². The van der Waals surface area contributed by atoms with E-state index in [1.165, 1.54) is 88.7 Å². The average Bonchev–Trinajstić information content (AvgIpc) is 3.57. The zero-order chi connectivity index (χ0) is 41.6. The van der Waals surface area contributed by atoms with Gasteiger partial charge >= 0.3 is 0 Å². The van der Waals surface area contributed by atoms with Crippen molar-refractivity contribution in [3.8, 4) is 66.8 Å².